The van der Waals surface area contributed by atoms with Crippen molar-refractivity contribution in [3.05, 3.63) is 15.6 Å². The zero-order chi connectivity index (χ0) is 13.5. The van der Waals surface area contributed by atoms with Crippen molar-refractivity contribution in [2.45, 2.75) is 69.5 Å². The molecule has 1 atom stereocenters. The summed E-state index contributed by atoms with van der Waals surface area (Å²) in [4.78, 5) is 5.94. The number of thiazole rings is 1. The first-order valence-corrected chi connectivity index (χ1v) is 9.18. The Kier molecular flexibility index (Phi) is 3.93. The number of rotatable bonds is 3. The standard InChI is InChI=1S/C15H23NOS2/c1-15(2)7-11-14(12(17)8-15)19-13(16-11)9-18-10-5-3-4-6-10/h10,12,17H,3-9H2,1-2H3. The van der Waals surface area contributed by atoms with Gasteiger partial charge in [-0.05, 0) is 31.1 Å². The summed E-state index contributed by atoms with van der Waals surface area (Å²) in [5, 5.41) is 12.3. The number of aliphatic hydroxyl groups excluding tert-OH is 1. The molecule has 19 heavy (non-hydrogen) atoms. The molecule has 0 saturated heterocycles. The molecule has 1 aromatic heterocycles. The molecule has 1 aromatic rings. The van der Waals surface area contributed by atoms with Crippen molar-refractivity contribution in [2.24, 2.45) is 5.41 Å². The summed E-state index contributed by atoms with van der Waals surface area (Å²) in [7, 11) is 0. The van der Waals surface area contributed by atoms with Crippen molar-refractivity contribution >= 4 is 23.1 Å². The van der Waals surface area contributed by atoms with Gasteiger partial charge in [0.2, 0.25) is 0 Å². The Morgan fingerprint density at radius 1 is 1.37 bits per heavy atom. The minimum Gasteiger partial charge on any atom is -0.387 e. The highest BCUT2D eigenvalue weighted by Gasteiger charge is 2.34. The maximum absolute atomic E-state index is 10.3. The Labute approximate surface area is 124 Å². The van der Waals surface area contributed by atoms with Crippen LogP contribution in [-0.2, 0) is 12.2 Å². The molecule has 106 valence electrons. The normalized spacial score (nSPS) is 26.6. The quantitative estimate of drug-likeness (QED) is 0.901. The minimum atomic E-state index is -0.290. The molecule has 0 spiro atoms. The van der Waals surface area contributed by atoms with Crippen LogP contribution >= 0.6 is 23.1 Å². The van der Waals surface area contributed by atoms with E-state index in [-0.39, 0.29) is 11.5 Å². The fourth-order valence-corrected chi connectivity index (χ4v) is 5.66. The molecule has 1 saturated carbocycles. The molecule has 1 fully saturated rings. The molecular weight excluding hydrogens is 274 g/mol. The zero-order valence-corrected chi connectivity index (χ0v) is 13.4. The lowest BCUT2D eigenvalue weighted by Crippen LogP contribution is -2.24. The molecule has 2 nitrogen and oxygen atoms in total. The molecule has 0 radical (unpaired) electrons. The van der Waals surface area contributed by atoms with Crippen molar-refractivity contribution in [3.63, 3.8) is 0 Å². The third-order valence-electron chi connectivity index (χ3n) is 4.21. The highest BCUT2D eigenvalue weighted by atomic mass is 32.2. The Morgan fingerprint density at radius 2 is 2.11 bits per heavy atom. The van der Waals surface area contributed by atoms with E-state index in [2.05, 4.69) is 25.6 Å². The third kappa shape index (κ3) is 3.17. The first kappa shape index (κ1) is 13.9. The van der Waals surface area contributed by atoms with E-state index < -0.39 is 0 Å². The lowest BCUT2D eigenvalue weighted by atomic mass is 9.77. The first-order chi connectivity index (χ1) is 9.03. The van der Waals surface area contributed by atoms with Gasteiger partial charge < -0.3 is 5.11 Å². The molecule has 2 aliphatic carbocycles. The minimum absolute atomic E-state index is 0.191. The van der Waals surface area contributed by atoms with E-state index >= 15 is 0 Å². The molecule has 2 aliphatic rings. The van der Waals surface area contributed by atoms with E-state index in [0.717, 1.165) is 34.4 Å². The molecular formula is C15H23NOS2. The lowest BCUT2D eigenvalue weighted by Gasteiger charge is -2.31. The van der Waals surface area contributed by atoms with E-state index in [1.807, 2.05) is 0 Å². The van der Waals surface area contributed by atoms with Crippen LogP contribution in [-0.4, -0.2) is 15.3 Å². The van der Waals surface area contributed by atoms with Crippen molar-refractivity contribution in [1.29, 1.82) is 0 Å². The van der Waals surface area contributed by atoms with E-state index in [9.17, 15) is 5.11 Å². The van der Waals surface area contributed by atoms with Gasteiger partial charge in [-0.2, -0.15) is 11.8 Å². The Balaban J connectivity index is 1.68. The van der Waals surface area contributed by atoms with Gasteiger partial charge in [-0.1, -0.05) is 26.7 Å². The topological polar surface area (TPSA) is 33.1 Å². The molecule has 3 rings (SSSR count). The van der Waals surface area contributed by atoms with E-state index in [4.69, 9.17) is 4.98 Å². The van der Waals surface area contributed by atoms with Gasteiger partial charge in [-0.25, -0.2) is 4.98 Å². The molecule has 0 amide bonds. The maximum atomic E-state index is 10.3. The number of hydrogen-bond donors (Lipinski definition) is 1. The van der Waals surface area contributed by atoms with Crippen LogP contribution in [0.4, 0.5) is 0 Å². The monoisotopic (exact) mass is 297 g/mol. The van der Waals surface area contributed by atoms with Gasteiger partial charge in [0.15, 0.2) is 0 Å². The Bertz CT molecular complexity index is 449. The van der Waals surface area contributed by atoms with Gasteiger partial charge in [0, 0.05) is 11.0 Å². The average Bonchev–Trinajstić information content (AvgIpc) is 2.92. The van der Waals surface area contributed by atoms with Crippen LogP contribution in [0, 0.1) is 5.41 Å². The number of hydrogen-bond acceptors (Lipinski definition) is 4. The van der Waals surface area contributed by atoms with Crippen molar-refractivity contribution in [3.8, 4) is 0 Å². The van der Waals surface area contributed by atoms with Crippen molar-refractivity contribution < 1.29 is 5.11 Å². The van der Waals surface area contributed by atoms with Crippen molar-refractivity contribution in [1.82, 2.24) is 4.98 Å². The number of nitrogens with zero attached hydrogens (tertiary/aromatic N) is 1. The van der Waals surface area contributed by atoms with Crippen LogP contribution in [0.15, 0.2) is 0 Å². The molecule has 1 unspecified atom stereocenters. The highest BCUT2D eigenvalue weighted by molar-refractivity contribution is 7.99. The predicted molar refractivity (Wildman–Crippen MR) is 82.7 cm³/mol. The maximum Gasteiger partial charge on any atom is 0.103 e. The second-order valence-corrected chi connectivity index (χ2v) is 9.10. The number of fused-ring (bicyclic) bond motifs is 1. The van der Waals surface area contributed by atoms with Gasteiger partial charge in [0.25, 0.3) is 0 Å². The van der Waals surface area contributed by atoms with Gasteiger partial charge in [0.1, 0.15) is 5.01 Å². The van der Waals surface area contributed by atoms with Crippen LogP contribution in [0.3, 0.4) is 0 Å². The lowest BCUT2D eigenvalue weighted by molar-refractivity contribution is 0.102. The third-order valence-corrected chi connectivity index (χ3v) is 6.98. The van der Waals surface area contributed by atoms with Crippen LogP contribution in [0.5, 0.6) is 0 Å². The fourth-order valence-electron chi connectivity index (χ4n) is 3.25. The summed E-state index contributed by atoms with van der Waals surface area (Å²) >= 11 is 3.81. The van der Waals surface area contributed by atoms with Crippen molar-refractivity contribution in [2.75, 3.05) is 0 Å². The first-order valence-electron chi connectivity index (χ1n) is 7.32. The summed E-state index contributed by atoms with van der Waals surface area (Å²) in [6, 6.07) is 0. The largest absolute Gasteiger partial charge is 0.387 e. The van der Waals surface area contributed by atoms with Gasteiger partial charge in [0.05, 0.1) is 16.7 Å². The Hall–Kier alpha value is -0.0600. The van der Waals surface area contributed by atoms with E-state index in [1.165, 1.54) is 30.7 Å². The number of thioether (sulfide) groups is 1. The van der Waals surface area contributed by atoms with Gasteiger partial charge >= 0.3 is 0 Å². The molecule has 0 bridgehead atoms. The van der Waals surface area contributed by atoms with E-state index in [0.29, 0.717) is 0 Å². The second-order valence-electron chi connectivity index (χ2n) is 6.70. The summed E-state index contributed by atoms with van der Waals surface area (Å²) in [5.74, 6) is 1.04. The molecule has 0 aliphatic heterocycles. The summed E-state index contributed by atoms with van der Waals surface area (Å²) in [5.41, 5.74) is 1.35. The summed E-state index contributed by atoms with van der Waals surface area (Å²) < 4.78 is 0. The zero-order valence-electron chi connectivity index (χ0n) is 11.8. The van der Waals surface area contributed by atoms with Crippen LogP contribution < -0.4 is 0 Å². The molecule has 1 N–H and O–H groups in total. The van der Waals surface area contributed by atoms with Crippen LogP contribution in [0.1, 0.15) is 67.6 Å². The SMILES string of the molecule is CC1(C)Cc2nc(CSC3CCCC3)sc2C(O)C1. The molecule has 4 heteroatoms. The highest BCUT2D eigenvalue weighted by Crippen LogP contribution is 2.43. The van der Waals surface area contributed by atoms with Crippen LogP contribution in [0.2, 0.25) is 0 Å². The van der Waals surface area contributed by atoms with E-state index in [1.54, 1.807) is 11.3 Å². The average molecular weight is 297 g/mol. The fraction of sp³-hybridized carbons (Fsp3) is 0.800. The summed E-state index contributed by atoms with van der Waals surface area (Å²) in [6.07, 6.45) is 7.16. The second kappa shape index (κ2) is 5.38. The smallest absolute Gasteiger partial charge is 0.103 e. The van der Waals surface area contributed by atoms with Gasteiger partial charge in [-0.3, -0.25) is 0 Å². The van der Waals surface area contributed by atoms with Gasteiger partial charge in [-0.15, -0.1) is 11.3 Å². The number of aromatic nitrogens is 1. The molecule has 0 aromatic carbocycles. The Morgan fingerprint density at radius 3 is 2.84 bits per heavy atom. The number of aliphatic hydroxyl groups is 1. The molecule has 1 heterocycles. The van der Waals surface area contributed by atoms with Crippen LogP contribution in [0.25, 0.3) is 0 Å². The predicted octanol–water partition coefficient (Wildman–Crippen LogP) is 4.32. The summed E-state index contributed by atoms with van der Waals surface area (Å²) in [6.45, 7) is 4.46.